The first-order chi connectivity index (χ1) is 7.24. The molecule has 4 heteroatoms. The van der Waals surface area contributed by atoms with Crippen LogP contribution in [0.2, 0.25) is 5.02 Å². The van der Waals surface area contributed by atoms with Gasteiger partial charge in [0.25, 0.3) is 0 Å². The number of hydrogen-bond acceptors (Lipinski definition) is 2. The molecule has 15 heavy (non-hydrogen) atoms. The summed E-state index contributed by atoms with van der Waals surface area (Å²) < 4.78 is 4.90. The monoisotopic (exact) mass is 222 g/mol. The van der Waals surface area contributed by atoms with Crippen molar-refractivity contribution < 1.29 is 9.53 Å². The molecule has 0 atom stereocenters. The molecule has 3 nitrogen and oxygen atoms in total. The van der Waals surface area contributed by atoms with Crippen molar-refractivity contribution in [3.8, 4) is 0 Å². The lowest BCUT2D eigenvalue weighted by Crippen LogP contribution is -2.03. The van der Waals surface area contributed by atoms with E-state index in [4.69, 9.17) is 16.3 Å². The maximum absolute atomic E-state index is 11.5. The minimum absolute atomic E-state index is 0.337. The van der Waals surface area contributed by atoms with Crippen LogP contribution < -0.4 is 0 Å². The molecule has 0 aliphatic carbocycles. The molecule has 0 saturated carbocycles. The SMILES string of the molecule is CCOC(=O)c1[c][nH]c2cccc(Cl)c12. The van der Waals surface area contributed by atoms with E-state index < -0.39 is 5.97 Å². The Bertz CT molecular complexity index is 504. The van der Waals surface area contributed by atoms with Crippen LogP contribution in [0.3, 0.4) is 0 Å². The summed E-state index contributed by atoms with van der Waals surface area (Å²) >= 11 is 6.00. The Balaban J connectivity index is 2.57. The van der Waals surface area contributed by atoms with Crippen molar-refractivity contribution in [2.24, 2.45) is 0 Å². The van der Waals surface area contributed by atoms with Gasteiger partial charge in [0.05, 0.1) is 23.4 Å². The molecule has 0 unspecified atom stereocenters. The van der Waals surface area contributed by atoms with E-state index in [0.29, 0.717) is 22.6 Å². The zero-order chi connectivity index (χ0) is 10.8. The number of fused-ring (bicyclic) bond motifs is 1. The van der Waals surface area contributed by atoms with Gasteiger partial charge in [-0.3, -0.25) is 0 Å². The molecule has 1 heterocycles. The van der Waals surface area contributed by atoms with Crippen LogP contribution in [0.5, 0.6) is 0 Å². The number of rotatable bonds is 2. The predicted octanol–water partition coefficient (Wildman–Crippen LogP) is 2.80. The molecule has 0 aliphatic rings. The molecule has 0 saturated heterocycles. The van der Waals surface area contributed by atoms with Gasteiger partial charge in [0.2, 0.25) is 0 Å². The normalized spacial score (nSPS) is 10.5. The van der Waals surface area contributed by atoms with Gasteiger partial charge in [-0.2, -0.15) is 0 Å². The lowest BCUT2D eigenvalue weighted by Gasteiger charge is -2.00. The van der Waals surface area contributed by atoms with Gasteiger partial charge < -0.3 is 9.72 Å². The van der Waals surface area contributed by atoms with E-state index >= 15 is 0 Å². The molecule has 0 aliphatic heterocycles. The highest BCUT2D eigenvalue weighted by Gasteiger charge is 2.15. The maximum atomic E-state index is 11.5. The second-order valence-corrected chi connectivity index (χ2v) is 3.42. The Morgan fingerprint density at radius 2 is 2.40 bits per heavy atom. The number of ether oxygens (including phenoxy) is 1. The minimum atomic E-state index is -0.406. The Kier molecular flexibility index (Phi) is 2.64. The summed E-state index contributed by atoms with van der Waals surface area (Å²) in [6.07, 6.45) is 2.76. The maximum Gasteiger partial charge on any atom is 0.341 e. The van der Waals surface area contributed by atoms with Crippen molar-refractivity contribution in [3.63, 3.8) is 0 Å². The number of aromatic nitrogens is 1. The molecular weight excluding hydrogens is 214 g/mol. The van der Waals surface area contributed by atoms with E-state index in [1.165, 1.54) is 0 Å². The van der Waals surface area contributed by atoms with Crippen molar-refractivity contribution in [1.29, 1.82) is 0 Å². The third-order valence-electron chi connectivity index (χ3n) is 2.07. The number of aromatic amines is 1. The number of carbonyl (C=O) groups excluding carboxylic acids is 1. The smallest absolute Gasteiger partial charge is 0.341 e. The second-order valence-electron chi connectivity index (χ2n) is 3.01. The highest BCUT2D eigenvalue weighted by Crippen LogP contribution is 2.26. The third-order valence-corrected chi connectivity index (χ3v) is 2.38. The molecule has 2 aromatic rings. The number of carbonyl (C=O) groups is 1. The van der Waals surface area contributed by atoms with Crippen LogP contribution >= 0.6 is 11.6 Å². The second kappa shape index (κ2) is 3.95. The first-order valence-electron chi connectivity index (χ1n) is 4.59. The largest absolute Gasteiger partial charge is 0.462 e. The fourth-order valence-electron chi connectivity index (χ4n) is 1.43. The summed E-state index contributed by atoms with van der Waals surface area (Å²) in [7, 11) is 0. The van der Waals surface area contributed by atoms with Crippen LogP contribution in [0.4, 0.5) is 0 Å². The summed E-state index contributed by atoms with van der Waals surface area (Å²) in [4.78, 5) is 14.4. The van der Waals surface area contributed by atoms with Gasteiger partial charge in [-0.1, -0.05) is 17.7 Å². The Morgan fingerprint density at radius 3 is 3.13 bits per heavy atom. The van der Waals surface area contributed by atoms with Gasteiger partial charge in [0.1, 0.15) is 0 Å². The van der Waals surface area contributed by atoms with Gasteiger partial charge in [0, 0.05) is 10.9 Å². The molecular formula is C11H9ClNO2. The van der Waals surface area contributed by atoms with E-state index in [1.807, 2.05) is 12.1 Å². The van der Waals surface area contributed by atoms with E-state index in [0.717, 1.165) is 5.52 Å². The summed E-state index contributed by atoms with van der Waals surface area (Å²) in [5.74, 6) is -0.406. The van der Waals surface area contributed by atoms with Crippen molar-refractivity contribution in [3.05, 3.63) is 35.0 Å². The van der Waals surface area contributed by atoms with Gasteiger partial charge in [-0.25, -0.2) is 4.79 Å². The van der Waals surface area contributed by atoms with Gasteiger partial charge in [-0.05, 0) is 19.1 Å². The molecule has 0 bridgehead atoms. The first kappa shape index (κ1) is 10.1. The average molecular weight is 223 g/mol. The highest BCUT2D eigenvalue weighted by atomic mass is 35.5. The van der Waals surface area contributed by atoms with Crippen molar-refractivity contribution in [2.75, 3.05) is 6.61 Å². The summed E-state index contributed by atoms with van der Waals surface area (Å²) in [5.41, 5.74) is 1.14. The van der Waals surface area contributed by atoms with E-state index in [-0.39, 0.29) is 0 Å². The van der Waals surface area contributed by atoms with Gasteiger partial charge in [0.15, 0.2) is 0 Å². The number of hydrogen-bond donors (Lipinski definition) is 1. The van der Waals surface area contributed by atoms with Crippen LogP contribution in [0.15, 0.2) is 18.2 Å². The minimum Gasteiger partial charge on any atom is -0.462 e. The molecule has 1 aromatic carbocycles. The molecule has 1 radical (unpaired) electrons. The third kappa shape index (κ3) is 1.70. The predicted molar refractivity (Wildman–Crippen MR) is 58.1 cm³/mol. The van der Waals surface area contributed by atoms with Crippen molar-refractivity contribution >= 4 is 28.5 Å². The molecule has 0 amide bonds. The molecule has 1 aromatic heterocycles. The number of esters is 1. The Hall–Kier alpha value is -1.48. The van der Waals surface area contributed by atoms with Crippen LogP contribution in [0, 0.1) is 6.20 Å². The van der Waals surface area contributed by atoms with E-state index in [9.17, 15) is 4.79 Å². The van der Waals surface area contributed by atoms with Crippen molar-refractivity contribution in [2.45, 2.75) is 6.92 Å². The number of halogens is 1. The highest BCUT2D eigenvalue weighted by molar-refractivity contribution is 6.36. The zero-order valence-electron chi connectivity index (χ0n) is 8.13. The molecule has 0 spiro atoms. The van der Waals surface area contributed by atoms with Gasteiger partial charge in [-0.15, -0.1) is 0 Å². The molecule has 1 N–H and O–H groups in total. The zero-order valence-corrected chi connectivity index (χ0v) is 8.89. The Morgan fingerprint density at radius 1 is 1.60 bits per heavy atom. The van der Waals surface area contributed by atoms with Gasteiger partial charge >= 0.3 is 5.97 Å². The van der Waals surface area contributed by atoms with Crippen molar-refractivity contribution in [1.82, 2.24) is 4.98 Å². The summed E-state index contributed by atoms with van der Waals surface area (Å²) in [6, 6.07) is 5.37. The molecule has 0 fully saturated rings. The van der Waals surface area contributed by atoms with E-state index in [1.54, 1.807) is 13.0 Å². The first-order valence-corrected chi connectivity index (χ1v) is 4.96. The number of benzene rings is 1. The summed E-state index contributed by atoms with van der Waals surface area (Å²) in [5, 5.41) is 1.19. The fourth-order valence-corrected chi connectivity index (χ4v) is 1.70. The number of nitrogens with one attached hydrogen (secondary N) is 1. The molecule has 77 valence electrons. The lowest BCUT2D eigenvalue weighted by atomic mass is 10.2. The van der Waals surface area contributed by atoms with Crippen LogP contribution in [-0.2, 0) is 4.74 Å². The summed E-state index contributed by atoms with van der Waals surface area (Å²) in [6.45, 7) is 2.10. The molecule has 2 rings (SSSR count). The average Bonchev–Trinajstić information content (AvgIpc) is 2.63. The number of H-pyrrole nitrogens is 1. The quantitative estimate of drug-likeness (QED) is 0.794. The Labute approximate surface area is 92.0 Å². The van der Waals surface area contributed by atoms with E-state index in [2.05, 4.69) is 11.2 Å². The topological polar surface area (TPSA) is 42.1 Å². The fraction of sp³-hybridized carbons (Fsp3) is 0.182. The lowest BCUT2D eigenvalue weighted by molar-refractivity contribution is 0.0528. The van der Waals surface area contributed by atoms with Crippen LogP contribution in [0.25, 0.3) is 10.9 Å². The van der Waals surface area contributed by atoms with Crippen LogP contribution in [0.1, 0.15) is 17.3 Å². The standard InChI is InChI=1S/C11H9ClNO2/c1-2-15-11(14)7-6-13-9-5-3-4-8(12)10(7)9/h3-5,13H,2H2,1H3. The van der Waals surface area contributed by atoms with Crippen LogP contribution in [-0.4, -0.2) is 17.6 Å².